The van der Waals surface area contributed by atoms with Crippen molar-refractivity contribution in [2.45, 2.75) is 24.0 Å². The van der Waals surface area contributed by atoms with Gasteiger partial charge in [0.25, 0.3) is 5.91 Å². The van der Waals surface area contributed by atoms with E-state index in [2.05, 4.69) is 27.5 Å². The van der Waals surface area contributed by atoms with Gasteiger partial charge in [0.05, 0.1) is 0 Å². The van der Waals surface area contributed by atoms with E-state index >= 15 is 0 Å². The summed E-state index contributed by atoms with van der Waals surface area (Å²) in [7, 11) is 1.88. The Hall–Kier alpha value is -0.420. The molecule has 0 unspecified atom stereocenters. The van der Waals surface area contributed by atoms with Gasteiger partial charge in [0, 0.05) is 29.0 Å². The lowest BCUT2D eigenvalue weighted by molar-refractivity contribution is 0.0936. The third-order valence-corrected chi connectivity index (χ3v) is 5.33. The molecular weight excluding hydrogens is 300 g/mol. The van der Waals surface area contributed by atoms with Crippen LogP contribution in [0.25, 0.3) is 0 Å². The minimum Gasteiger partial charge on any atom is -0.349 e. The van der Waals surface area contributed by atoms with Crippen molar-refractivity contribution in [3.63, 3.8) is 0 Å². The molecule has 5 heteroatoms. The van der Waals surface area contributed by atoms with Crippen molar-refractivity contribution < 1.29 is 4.79 Å². The van der Waals surface area contributed by atoms with Crippen molar-refractivity contribution >= 4 is 33.6 Å². The Morgan fingerprint density at radius 2 is 2.35 bits per heavy atom. The molecule has 1 heterocycles. The van der Waals surface area contributed by atoms with Crippen LogP contribution in [0, 0.1) is 0 Å². The number of nitrogens with one attached hydrogen (secondary N) is 1. The lowest BCUT2D eigenvalue weighted by Gasteiger charge is -2.40. The van der Waals surface area contributed by atoms with Gasteiger partial charge in [0.2, 0.25) is 0 Å². The summed E-state index contributed by atoms with van der Waals surface area (Å²) in [5.74, 6) is 0.0125. The summed E-state index contributed by atoms with van der Waals surface area (Å²) < 4.78 is 3.07. The lowest BCUT2D eigenvalue weighted by Crippen LogP contribution is -2.45. The van der Waals surface area contributed by atoms with E-state index in [0.29, 0.717) is 5.69 Å². The fourth-order valence-corrected chi connectivity index (χ4v) is 3.54. The van der Waals surface area contributed by atoms with Crippen LogP contribution in [0.1, 0.15) is 29.8 Å². The Balaban J connectivity index is 1.95. The molecule has 0 saturated heterocycles. The predicted molar refractivity (Wildman–Crippen MR) is 75.5 cm³/mol. The minimum atomic E-state index is 0.0125. The minimum absolute atomic E-state index is 0.0125. The molecule has 1 fully saturated rings. The Bertz CT molecular complexity index is 421. The molecule has 1 aliphatic carbocycles. The highest BCUT2D eigenvalue weighted by Crippen LogP contribution is 2.42. The normalized spacial score (nSPS) is 17.6. The van der Waals surface area contributed by atoms with E-state index in [4.69, 9.17) is 0 Å². The quantitative estimate of drug-likeness (QED) is 0.926. The number of carbonyl (C=O) groups excluding carboxylic acids is 1. The molecule has 1 amide bonds. The van der Waals surface area contributed by atoms with E-state index in [1.807, 2.05) is 35.6 Å². The van der Waals surface area contributed by atoms with Gasteiger partial charge in [-0.2, -0.15) is 11.8 Å². The zero-order valence-electron chi connectivity index (χ0n) is 10.1. The SMILES string of the molecule is CSC1(CNC(=O)c2cc(Br)cn2C)CCC1. The third kappa shape index (κ3) is 2.71. The van der Waals surface area contributed by atoms with Crippen molar-refractivity contribution in [1.82, 2.24) is 9.88 Å². The van der Waals surface area contributed by atoms with Crippen molar-refractivity contribution in [1.29, 1.82) is 0 Å². The van der Waals surface area contributed by atoms with Crippen molar-refractivity contribution in [2.24, 2.45) is 7.05 Å². The number of nitrogens with zero attached hydrogens (tertiary/aromatic N) is 1. The van der Waals surface area contributed by atoms with Crippen LogP contribution in [0.5, 0.6) is 0 Å². The Morgan fingerprint density at radius 1 is 1.65 bits per heavy atom. The smallest absolute Gasteiger partial charge is 0.267 e. The largest absolute Gasteiger partial charge is 0.349 e. The number of thioether (sulfide) groups is 1. The predicted octanol–water partition coefficient (Wildman–Crippen LogP) is 2.80. The molecule has 94 valence electrons. The number of aryl methyl sites for hydroxylation is 1. The zero-order chi connectivity index (χ0) is 12.5. The van der Waals surface area contributed by atoms with Crippen LogP contribution in [0.2, 0.25) is 0 Å². The second-order valence-corrected chi connectivity index (χ2v) is 6.77. The molecule has 3 nitrogen and oxygen atoms in total. The molecule has 2 rings (SSSR count). The van der Waals surface area contributed by atoms with Gasteiger partial charge < -0.3 is 9.88 Å². The maximum Gasteiger partial charge on any atom is 0.267 e. The van der Waals surface area contributed by atoms with Gasteiger partial charge in [-0.3, -0.25) is 4.79 Å². The fraction of sp³-hybridized carbons (Fsp3) is 0.583. The lowest BCUT2D eigenvalue weighted by atomic mass is 9.84. The first kappa shape index (κ1) is 13.0. The average Bonchev–Trinajstić information content (AvgIpc) is 2.57. The van der Waals surface area contributed by atoms with Crippen molar-refractivity contribution in [3.8, 4) is 0 Å². The first-order valence-electron chi connectivity index (χ1n) is 5.71. The van der Waals surface area contributed by atoms with E-state index in [-0.39, 0.29) is 10.7 Å². The number of carbonyl (C=O) groups is 1. The van der Waals surface area contributed by atoms with Gasteiger partial charge in [-0.05, 0) is 41.1 Å². The Morgan fingerprint density at radius 3 is 2.76 bits per heavy atom. The number of aromatic nitrogens is 1. The Kier molecular flexibility index (Phi) is 3.88. The summed E-state index contributed by atoms with van der Waals surface area (Å²) in [6.07, 6.45) is 7.73. The molecule has 0 radical (unpaired) electrons. The molecule has 0 spiro atoms. The molecule has 1 N–H and O–H groups in total. The van der Waals surface area contributed by atoms with E-state index in [0.717, 1.165) is 11.0 Å². The number of amides is 1. The van der Waals surface area contributed by atoms with Gasteiger partial charge in [0.1, 0.15) is 5.69 Å². The highest BCUT2D eigenvalue weighted by molar-refractivity contribution is 9.10. The molecule has 1 aromatic rings. The second kappa shape index (κ2) is 5.06. The van der Waals surface area contributed by atoms with Gasteiger partial charge in [-0.15, -0.1) is 0 Å². The van der Waals surface area contributed by atoms with Crippen molar-refractivity contribution in [3.05, 3.63) is 22.4 Å². The summed E-state index contributed by atoms with van der Waals surface area (Å²) in [4.78, 5) is 12.0. The maximum atomic E-state index is 12.0. The van der Waals surface area contributed by atoms with Crippen LogP contribution < -0.4 is 5.32 Å². The molecule has 0 aromatic carbocycles. The van der Waals surface area contributed by atoms with Crippen LogP contribution in [0.4, 0.5) is 0 Å². The molecule has 17 heavy (non-hydrogen) atoms. The number of rotatable bonds is 4. The third-order valence-electron chi connectivity index (χ3n) is 3.47. The zero-order valence-corrected chi connectivity index (χ0v) is 12.5. The fourth-order valence-electron chi connectivity index (χ4n) is 2.11. The summed E-state index contributed by atoms with van der Waals surface area (Å²) >= 11 is 5.25. The van der Waals surface area contributed by atoms with Gasteiger partial charge in [-0.1, -0.05) is 6.42 Å². The number of hydrogen-bond acceptors (Lipinski definition) is 2. The first-order chi connectivity index (χ1) is 8.06. The summed E-state index contributed by atoms with van der Waals surface area (Å²) in [6.45, 7) is 0.774. The average molecular weight is 317 g/mol. The molecule has 0 bridgehead atoms. The van der Waals surface area contributed by atoms with Crippen LogP contribution >= 0.6 is 27.7 Å². The molecule has 0 atom stereocenters. The van der Waals surface area contributed by atoms with Crippen LogP contribution in [-0.4, -0.2) is 28.0 Å². The number of hydrogen-bond donors (Lipinski definition) is 1. The van der Waals surface area contributed by atoms with E-state index < -0.39 is 0 Å². The van der Waals surface area contributed by atoms with E-state index in [9.17, 15) is 4.79 Å². The monoisotopic (exact) mass is 316 g/mol. The number of halogens is 1. The highest BCUT2D eigenvalue weighted by Gasteiger charge is 2.36. The summed E-state index contributed by atoms with van der Waals surface area (Å²) in [5, 5.41) is 3.05. The molecule has 1 aliphatic rings. The van der Waals surface area contributed by atoms with Crippen LogP contribution in [0.15, 0.2) is 16.7 Å². The van der Waals surface area contributed by atoms with E-state index in [1.54, 1.807) is 0 Å². The molecular formula is C12H17BrN2OS. The topological polar surface area (TPSA) is 34.0 Å². The summed E-state index contributed by atoms with van der Waals surface area (Å²) in [6, 6.07) is 1.85. The standard InChI is InChI=1S/C12H17BrN2OS/c1-15-7-9(13)6-10(15)11(16)14-8-12(17-2)4-3-5-12/h6-7H,3-5,8H2,1-2H3,(H,14,16). The van der Waals surface area contributed by atoms with E-state index in [1.165, 1.54) is 19.3 Å². The van der Waals surface area contributed by atoms with Gasteiger partial charge in [0.15, 0.2) is 0 Å². The van der Waals surface area contributed by atoms with Gasteiger partial charge in [-0.25, -0.2) is 0 Å². The van der Waals surface area contributed by atoms with Crippen molar-refractivity contribution in [2.75, 3.05) is 12.8 Å². The highest BCUT2D eigenvalue weighted by atomic mass is 79.9. The molecule has 1 saturated carbocycles. The molecule has 0 aliphatic heterocycles. The first-order valence-corrected chi connectivity index (χ1v) is 7.73. The summed E-state index contributed by atoms with van der Waals surface area (Å²) in [5.41, 5.74) is 0.701. The maximum absolute atomic E-state index is 12.0. The Labute approximate surface area is 114 Å². The van der Waals surface area contributed by atoms with Crippen LogP contribution in [0.3, 0.4) is 0 Å². The van der Waals surface area contributed by atoms with Gasteiger partial charge >= 0.3 is 0 Å². The molecule has 1 aromatic heterocycles. The van der Waals surface area contributed by atoms with Crippen LogP contribution in [-0.2, 0) is 7.05 Å². The second-order valence-electron chi connectivity index (χ2n) is 4.58.